The van der Waals surface area contributed by atoms with Crippen molar-refractivity contribution in [3.8, 4) is 0 Å². The van der Waals surface area contributed by atoms with Crippen molar-refractivity contribution in [2.24, 2.45) is 17.1 Å². The first-order valence-corrected chi connectivity index (χ1v) is 14.8. The van der Waals surface area contributed by atoms with E-state index in [9.17, 15) is 23.5 Å². The van der Waals surface area contributed by atoms with E-state index < -0.39 is 35.0 Å². The van der Waals surface area contributed by atoms with Crippen LogP contribution >= 0.6 is 22.9 Å². The van der Waals surface area contributed by atoms with Crippen molar-refractivity contribution >= 4 is 34.8 Å². The summed E-state index contributed by atoms with van der Waals surface area (Å²) >= 11 is 7.43. The van der Waals surface area contributed by atoms with E-state index in [0.29, 0.717) is 35.1 Å². The molecule has 10 heteroatoms. The summed E-state index contributed by atoms with van der Waals surface area (Å²) in [6.45, 7) is 7.41. The van der Waals surface area contributed by atoms with E-state index in [1.807, 2.05) is 19.9 Å². The zero-order chi connectivity index (χ0) is 29.4. The Kier molecular flexibility index (Phi) is 11.5. The second-order valence-corrected chi connectivity index (χ2v) is 12.2. The number of allylic oxidation sites excluding steroid dienone is 2. The van der Waals surface area contributed by atoms with E-state index in [0.717, 1.165) is 23.8 Å². The maximum absolute atomic E-state index is 14.1. The molecular formula is C30H38ClF2N3O3S. The van der Waals surface area contributed by atoms with E-state index >= 15 is 0 Å². The molecule has 0 saturated heterocycles. The Hall–Kier alpha value is -2.59. The van der Waals surface area contributed by atoms with Gasteiger partial charge in [0.25, 0.3) is 0 Å². The third-order valence-corrected chi connectivity index (χ3v) is 8.39. The number of aliphatic hydroxyl groups excluding tert-OH is 1. The monoisotopic (exact) mass is 593 g/mol. The fourth-order valence-corrected chi connectivity index (χ4v) is 6.55. The van der Waals surface area contributed by atoms with E-state index in [1.165, 1.54) is 23.5 Å². The summed E-state index contributed by atoms with van der Waals surface area (Å²) in [6.07, 6.45) is 3.80. The van der Waals surface area contributed by atoms with Gasteiger partial charge in [0, 0.05) is 48.6 Å². The SMILES string of the molecule is CCCN(CCC)C(=O)C1=CC(C)=CC(C(N)=O)([C@H](Cc2cc(F)cc(F)c2)[C@@H](O)CNCc2ccc(Cl)s2)C1. The number of nitrogens with two attached hydrogens (primary N) is 1. The molecule has 1 aliphatic carbocycles. The number of halogens is 3. The first kappa shape index (κ1) is 31.9. The Morgan fingerprint density at radius 2 is 1.82 bits per heavy atom. The highest BCUT2D eigenvalue weighted by atomic mass is 35.5. The third kappa shape index (κ3) is 8.00. The van der Waals surface area contributed by atoms with Crippen LogP contribution in [-0.2, 0) is 22.6 Å². The number of primary amides is 1. The molecule has 3 rings (SSSR count). The van der Waals surface area contributed by atoms with Gasteiger partial charge >= 0.3 is 0 Å². The molecule has 4 N–H and O–H groups in total. The number of carbonyl (C=O) groups excluding carboxylic acids is 2. The molecule has 1 unspecified atom stereocenters. The molecule has 2 amide bonds. The Labute approximate surface area is 243 Å². The molecule has 1 aromatic heterocycles. The summed E-state index contributed by atoms with van der Waals surface area (Å²) in [4.78, 5) is 29.6. The molecule has 6 nitrogen and oxygen atoms in total. The molecule has 1 aromatic carbocycles. The molecule has 0 fully saturated rings. The van der Waals surface area contributed by atoms with Gasteiger partial charge in [0.05, 0.1) is 15.9 Å². The van der Waals surface area contributed by atoms with Crippen molar-refractivity contribution < 1.29 is 23.5 Å². The Morgan fingerprint density at radius 3 is 2.38 bits per heavy atom. The molecule has 1 aliphatic rings. The summed E-state index contributed by atoms with van der Waals surface area (Å²) in [6, 6.07) is 6.80. The number of hydrogen-bond acceptors (Lipinski definition) is 5. The maximum Gasteiger partial charge on any atom is 0.249 e. The van der Waals surface area contributed by atoms with Crippen LogP contribution < -0.4 is 11.1 Å². The molecule has 0 spiro atoms. The average molecular weight is 594 g/mol. The second-order valence-electron chi connectivity index (χ2n) is 10.4. The topological polar surface area (TPSA) is 95.7 Å². The lowest BCUT2D eigenvalue weighted by Crippen LogP contribution is -2.51. The zero-order valence-corrected chi connectivity index (χ0v) is 24.8. The van der Waals surface area contributed by atoms with Gasteiger partial charge < -0.3 is 21.1 Å². The van der Waals surface area contributed by atoms with Gasteiger partial charge in [-0.05, 0) is 62.4 Å². The van der Waals surface area contributed by atoms with Gasteiger partial charge in [-0.15, -0.1) is 11.3 Å². The minimum atomic E-state index is -1.47. The summed E-state index contributed by atoms with van der Waals surface area (Å²) in [7, 11) is 0. The smallest absolute Gasteiger partial charge is 0.249 e. The average Bonchev–Trinajstić information content (AvgIpc) is 3.30. The van der Waals surface area contributed by atoms with Gasteiger partial charge in [0.1, 0.15) is 11.6 Å². The number of rotatable bonds is 14. The quantitative estimate of drug-likeness (QED) is 0.274. The van der Waals surface area contributed by atoms with Gasteiger partial charge in [-0.2, -0.15) is 0 Å². The van der Waals surface area contributed by atoms with Crippen molar-refractivity contribution in [1.82, 2.24) is 10.2 Å². The van der Waals surface area contributed by atoms with Gasteiger partial charge in [-0.1, -0.05) is 43.2 Å². The van der Waals surface area contributed by atoms with E-state index in [2.05, 4.69) is 5.32 Å². The summed E-state index contributed by atoms with van der Waals surface area (Å²) < 4.78 is 28.9. The lowest BCUT2D eigenvalue weighted by atomic mass is 9.63. The Morgan fingerprint density at radius 1 is 1.18 bits per heavy atom. The van der Waals surface area contributed by atoms with Crippen LogP contribution in [-0.4, -0.2) is 47.6 Å². The minimum absolute atomic E-state index is 0.0253. The number of thiophene rings is 1. The van der Waals surface area contributed by atoms with Crippen molar-refractivity contribution in [3.63, 3.8) is 0 Å². The molecule has 0 bridgehead atoms. The van der Waals surface area contributed by atoms with Crippen LogP contribution in [0.1, 0.15) is 50.5 Å². The Balaban J connectivity index is 1.98. The molecule has 0 saturated carbocycles. The van der Waals surface area contributed by atoms with Crippen LogP contribution in [0.25, 0.3) is 0 Å². The van der Waals surface area contributed by atoms with Crippen molar-refractivity contribution in [3.05, 3.63) is 80.0 Å². The van der Waals surface area contributed by atoms with Crippen LogP contribution in [0.4, 0.5) is 8.78 Å². The minimum Gasteiger partial charge on any atom is -0.391 e. The van der Waals surface area contributed by atoms with Crippen LogP contribution in [0.15, 0.2) is 53.6 Å². The predicted octanol–water partition coefficient (Wildman–Crippen LogP) is 5.39. The van der Waals surface area contributed by atoms with Crippen LogP contribution in [0, 0.1) is 23.0 Å². The second kappa shape index (κ2) is 14.3. The van der Waals surface area contributed by atoms with Gasteiger partial charge in [-0.25, -0.2) is 8.78 Å². The lowest BCUT2D eigenvalue weighted by molar-refractivity contribution is -0.132. The molecule has 40 heavy (non-hydrogen) atoms. The van der Waals surface area contributed by atoms with E-state index in [-0.39, 0.29) is 30.9 Å². The lowest BCUT2D eigenvalue weighted by Gasteiger charge is -2.42. The molecular weight excluding hydrogens is 556 g/mol. The molecule has 218 valence electrons. The molecule has 0 aliphatic heterocycles. The number of hydrogen-bond donors (Lipinski definition) is 3. The highest BCUT2D eigenvalue weighted by Crippen LogP contribution is 2.44. The van der Waals surface area contributed by atoms with Gasteiger partial charge in [0.2, 0.25) is 11.8 Å². The first-order valence-electron chi connectivity index (χ1n) is 13.6. The summed E-state index contributed by atoms with van der Waals surface area (Å²) in [5.74, 6) is -3.30. The fraction of sp³-hybridized carbons (Fsp3) is 0.467. The largest absolute Gasteiger partial charge is 0.391 e. The number of nitrogens with zero attached hydrogens (tertiary/aromatic N) is 1. The number of aliphatic hydroxyl groups is 1. The highest BCUT2D eigenvalue weighted by molar-refractivity contribution is 7.16. The fourth-order valence-electron chi connectivity index (χ4n) is 5.49. The standard InChI is InChI=1S/C30H38ClF2N3O3S/c1-4-8-36(9-5-2)28(38)21-10-19(3)15-30(16-21,29(34)39)25(13-20-11-22(32)14-23(33)12-20)26(37)18-35-17-24-6-7-27(31)40-24/h6-7,10-12,14-15,25-26,35,37H,4-5,8-9,13,16-18H2,1-3H3,(H2,34,39)/t25-,26+,30?/m1/s1. The van der Waals surface area contributed by atoms with Crippen LogP contribution in [0.5, 0.6) is 0 Å². The number of carbonyl (C=O) groups is 2. The first-order chi connectivity index (χ1) is 19.0. The van der Waals surface area contributed by atoms with Crippen molar-refractivity contribution in [2.75, 3.05) is 19.6 Å². The maximum atomic E-state index is 14.1. The van der Waals surface area contributed by atoms with Crippen LogP contribution in [0.2, 0.25) is 4.34 Å². The normalized spacial score (nSPS) is 18.6. The van der Waals surface area contributed by atoms with Crippen LogP contribution in [0.3, 0.4) is 0 Å². The summed E-state index contributed by atoms with van der Waals surface area (Å²) in [5.41, 5.74) is 5.95. The molecule has 1 heterocycles. The summed E-state index contributed by atoms with van der Waals surface area (Å²) in [5, 5.41) is 14.7. The number of nitrogens with one attached hydrogen (secondary N) is 1. The van der Waals surface area contributed by atoms with Crippen molar-refractivity contribution in [1.29, 1.82) is 0 Å². The van der Waals surface area contributed by atoms with E-state index in [4.69, 9.17) is 17.3 Å². The van der Waals surface area contributed by atoms with Crippen molar-refractivity contribution in [2.45, 2.75) is 59.1 Å². The Bertz CT molecular complexity index is 1240. The highest BCUT2D eigenvalue weighted by Gasteiger charge is 2.48. The predicted molar refractivity (Wildman–Crippen MR) is 156 cm³/mol. The number of amides is 2. The number of benzene rings is 1. The van der Waals surface area contributed by atoms with Gasteiger partial charge in [-0.3, -0.25) is 9.59 Å². The van der Waals surface area contributed by atoms with Gasteiger partial charge in [0.15, 0.2) is 0 Å². The molecule has 2 aromatic rings. The third-order valence-electron chi connectivity index (χ3n) is 7.16. The zero-order valence-electron chi connectivity index (χ0n) is 23.2. The molecule has 0 radical (unpaired) electrons. The van der Waals surface area contributed by atoms with E-state index in [1.54, 1.807) is 30.0 Å². The molecule has 3 atom stereocenters.